The SMILES string of the molecule is Cc1ccc(CN2CCOC(CN(CC(C)C)C(=O)c3ccccc3)C2)cc1. The first kappa shape index (κ1) is 20.6. The first-order valence-electron chi connectivity index (χ1n) is 10.2. The third kappa shape index (κ3) is 5.91. The van der Waals surface area contributed by atoms with Crippen LogP contribution in [0.3, 0.4) is 0 Å². The van der Waals surface area contributed by atoms with Gasteiger partial charge in [-0.25, -0.2) is 0 Å². The Kier molecular flexibility index (Phi) is 7.24. The maximum absolute atomic E-state index is 13.0. The molecular formula is C24H32N2O2. The molecule has 1 saturated heterocycles. The molecule has 0 aromatic heterocycles. The van der Waals surface area contributed by atoms with Gasteiger partial charge in [0.25, 0.3) is 5.91 Å². The summed E-state index contributed by atoms with van der Waals surface area (Å²) in [7, 11) is 0. The van der Waals surface area contributed by atoms with E-state index in [1.54, 1.807) is 0 Å². The van der Waals surface area contributed by atoms with Crippen molar-refractivity contribution in [1.82, 2.24) is 9.80 Å². The molecule has 0 radical (unpaired) electrons. The van der Waals surface area contributed by atoms with Crippen molar-refractivity contribution in [2.24, 2.45) is 5.92 Å². The van der Waals surface area contributed by atoms with Gasteiger partial charge in [-0.05, 0) is 30.5 Å². The second-order valence-corrected chi connectivity index (χ2v) is 8.18. The van der Waals surface area contributed by atoms with E-state index in [9.17, 15) is 4.79 Å². The average Bonchev–Trinajstić information content (AvgIpc) is 2.69. The van der Waals surface area contributed by atoms with E-state index in [1.807, 2.05) is 35.2 Å². The van der Waals surface area contributed by atoms with Crippen molar-refractivity contribution in [1.29, 1.82) is 0 Å². The van der Waals surface area contributed by atoms with E-state index in [-0.39, 0.29) is 12.0 Å². The average molecular weight is 381 g/mol. The molecule has 2 aromatic rings. The molecule has 1 heterocycles. The zero-order valence-corrected chi connectivity index (χ0v) is 17.3. The molecule has 1 atom stereocenters. The van der Waals surface area contributed by atoms with Crippen LogP contribution >= 0.6 is 0 Å². The highest BCUT2D eigenvalue weighted by molar-refractivity contribution is 5.94. The molecule has 150 valence electrons. The first-order valence-corrected chi connectivity index (χ1v) is 10.2. The minimum Gasteiger partial charge on any atom is -0.374 e. The number of carbonyl (C=O) groups is 1. The molecule has 0 N–H and O–H groups in total. The number of rotatable bonds is 7. The molecule has 2 aromatic carbocycles. The van der Waals surface area contributed by atoms with Gasteiger partial charge in [0.2, 0.25) is 0 Å². The van der Waals surface area contributed by atoms with Crippen LogP contribution in [-0.2, 0) is 11.3 Å². The zero-order valence-electron chi connectivity index (χ0n) is 17.3. The lowest BCUT2D eigenvalue weighted by Gasteiger charge is -2.36. The Bertz CT molecular complexity index is 743. The standard InChI is InChI=1S/C24H32N2O2/c1-19(2)15-26(24(27)22-7-5-4-6-8-22)18-23-17-25(13-14-28-23)16-21-11-9-20(3)10-12-21/h4-12,19,23H,13-18H2,1-3H3. The van der Waals surface area contributed by atoms with Gasteiger partial charge in [0.15, 0.2) is 0 Å². The Hall–Kier alpha value is -2.17. The summed E-state index contributed by atoms with van der Waals surface area (Å²) in [6.45, 7) is 11.2. The molecule has 1 aliphatic rings. The van der Waals surface area contributed by atoms with Crippen LogP contribution in [0.5, 0.6) is 0 Å². The van der Waals surface area contributed by atoms with Gasteiger partial charge < -0.3 is 9.64 Å². The normalized spacial score (nSPS) is 17.6. The summed E-state index contributed by atoms with van der Waals surface area (Å²) in [5.74, 6) is 0.508. The van der Waals surface area contributed by atoms with Crippen molar-refractivity contribution >= 4 is 5.91 Å². The van der Waals surface area contributed by atoms with Crippen LogP contribution in [0.15, 0.2) is 54.6 Å². The number of benzene rings is 2. The summed E-state index contributed by atoms with van der Waals surface area (Å²) in [4.78, 5) is 17.4. The minimum absolute atomic E-state index is 0.0469. The molecule has 4 nitrogen and oxygen atoms in total. The number of ether oxygens (including phenoxy) is 1. The van der Waals surface area contributed by atoms with Crippen molar-refractivity contribution in [2.45, 2.75) is 33.4 Å². The number of morpholine rings is 1. The summed E-state index contributed by atoms with van der Waals surface area (Å²) < 4.78 is 6.03. The summed E-state index contributed by atoms with van der Waals surface area (Å²) in [6, 6.07) is 18.3. The quantitative estimate of drug-likeness (QED) is 0.728. The van der Waals surface area contributed by atoms with Gasteiger partial charge in [-0.2, -0.15) is 0 Å². The molecule has 0 bridgehead atoms. The van der Waals surface area contributed by atoms with Crippen molar-refractivity contribution in [3.63, 3.8) is 0 Å². The van der Waals surface area contributed by atoms with E-state index in [2.05, 4.69) is 49.9 Å². The molecule has 3 rings (SSSR count). The van der Waals surface area contributed by atoms with Crippen LogP contribution in [0.2, 0.25) is 0 Å². The summed E-state index contributed by atoms with van der Waals surface area (Å²) in [6.07, 6.45) is 0.0469. The molecule has 0 spiro atoms. The Labute approximate surface area is 169 Å². The highest BCUT2D eigenvalue weighted by Crippen LogP contribution is 2.15. The van der Waals surface area contributed by atoms with Crippen molar-refractivity contribution in [2.75, 3.05) is 32.8 Å². The highest BCUT2D eigenvalue weighted by Gasteiger charge is 2.26. The van der Waals surface area contributed by atoms with Crippen LogP contribution < -0.4 is 0 Å². The molecule has 0 saturated carbocycles. The summed E-state index contributed by atoms with van der Waals surface area (Å²) in [5.41, 5.74) is 3.36. The number of carbonyl (C=O) groups excluding carboxylic acids is 1. The van der Waals surface area contributed by atoms with Crippen molar-refractivity contribution < 1.29 is 9.53 Å². The predicted molar refractivity (Wildman–Crippen MR) is 113 cm³/mol. The van der Waals surface area contributed by atoms with Gasteiger partial charge in [-0.3, -0.25) is 9.69 Å². The maximum Gasteiger partial charge on any atom is 0.253 e. The van der Waals surface area contributed by atoms with Gasteiger partial charge in [-0.1, -0.05) is 61.9 Å². The van der Waals surface area contributed by atoms with Crippen LogP contribution in [-0.4, -0.2) is 54.6 Å². The topological polar surface area (TPSA) is 32.8 Å². The third-order valence-corrected chi connectivity index (χ3v) is 5.07. The molecule has 28 heavy (non-hydrogen) atoms. The van der Waals surface area contributed by atoms with E-state index < -0.39 is 0 Å². The second kappa shape index (κ2) is 9.85. The van der Waals surface area contributed by atoms with Gasteiger partial charge in [-0.15, -0.1) is 0 Å². The number of aryl methyl sites for hydroxylation is 1. The molecule has 4 heteroatoms. The lowest BCUT2D eigenvalue weighted by atomic mass is 10.1. The van der Waals surface area contributed by atoms with Crippen molar-refractivity contribution in [3.8, 4) is 0 Å². The van der Waals surface area contributed by atoms with E-state index in [4.69, 9.17) is 4.74 Å². The number of hydrogen-bond acceptors (Lipinski definition) is 3. The fourth-order valence-corrected chi connectivity index (χ4v) is 3.68. The summed E-state index contributed by atoms with van der Waals surface area (Å²) >= 11 is 0. The molecule has 1 unspecified atom stereocenters. The molecule has 1 amide bonds. The van der Waals surface area contributed by atoms with Crippen LogP contribution in [0.4, 0.5) is 0 Å². The Morgan fingerprint density at radius 2 is 1.86 bits per heavy atom. The lowest BCUT2D eigenvalue weighted by molar-refractivity contribution is -0.0438. The Morgan fingerprint density at radius 1 is 1.14 bits per heavy atom. The molecule has 1 fully saturated rings. The number of amides is 1. The van der Waals surface area contributed by atoms with Gasteiger partial charge >= 0.3 is 0 Å². The molecule has 1 aliphatic heterocycles. The van der Waals surface area contributed by atoms with E-state index in [1.165, 1.54) is 11.1 Å². The van der Waals surface area contributed by atoms with Crippen LogP contribution in [0.25, 0.3) is 0 Å². The maximum atomic E-state index is 13.0. The van der Waals surface area contributed by atoms with E-state index >= 15 is 0 Å². The second-order valence-electron chi connectivity index (χ2n) is 8.18. The van der Waals surface area contributed by atoms with E-state index in [0.717, 1.165) is 31.7 Å². The van der Waals surface area contributed by atoms with Gasteiger partial charge in [0.1, 0.15) is 0 Å². The van der Waals surface area contributed by atoms with Crippen molar-refractivity contribution in [3.05, 3.63) is 71.3 Å². The minimum atomic E-state index is 0.0469. The first-order chi connectivity index (χ1) is 13.5. The Morgan fingerprint density at radius 3 is 2.54 bits per heavy atom. The predicted octanol–water partition coefficient (Wildman–Crippen LogP) is 3.99. The fourth-order valence-electron chi connectivity index (χ4n) is 3.68. The largest absolute Gasteiger partial charge is 0.374 e. The zero-order chi connectivity index (χ0) is 19.9. The van der Waals surface area contributed by atoms with E-state index in [0.29, 0.717) is 19.1 Å². The van der Waals surface area contributed by atoms with Gasteiger partial charge in [0.05, 0.1) is 12.7 Å². The van der Waals surface area contributed by atoms with Crippen LogP contribution in [0, 0.1) is 12.8 Å². The van der Waals surface area contributed by atoms with Crippen LogP contribution in [0.1, 0.15) is 35.3 Å². The number of nitrogens with zero attached hydrogens (tertiary/aromatic N) is 2. The smallest absolute Gasteiger partial charge is 0.253 e. The van der Waals surface area contributed by atoms with Gasteiger partial charge in [0, 0.05) is 38.3 Å². The number of hydrogen-bond donors (Lipinski definition) is 0. The third-order valence-electron chi connectivity index (χ3n) is 5.07. The summed E-state index contributed by atoms with van der Waals surface area (Å²) in [5, 5.41) is 0. The highest BCUT2D eigenvalue weighted by atomic mass is 16.5. The Balaban J connectivity index is 1.63. The lowest BCUT2D eigenvalue weighted by Crippen LogP contribution is -2.49. The fraction of sp³-hybridized carbons (Fsp3) is 0.458. The molecule has 0 aliphatic carbocycles. The molecular weight excluding hydrogens is 348 g/mol. The monoisotopic (exact) mass is 380 g/mol.